The predicted octanol–water partition coefficient (Wildman–Crippen LogP) is 1.31. The molecule has 1 unspecified atom stereocenters. The fourth-order valence-electron chi connectivity index (χ4n) is 2.23. The fraction of sp³-hybridized carbons (Fsp3) is 0.333. The third-order valence-corrected chi connectivity index (χ3v) is 4.78. The number of aromatic nitrogens is 1. The number of fused-ring (bicyclic) bond motifs is 1. The molecule has 0 saturated carbocycles. The highest BCUT2D eigenvalue weighted by atomic mass is 32.2. The van der Waals surface area contributed by atoms with Crippen LogP contribution < -0.4 is 10.3 Å². The molecule has 0 saturated heterocycles. The molecule has 0 amide bonds. The summed E-state index contributed by atoms with van der Waals surface area (Å²) < 4.78 is 27.0. The summed E-state index contributed by atoms with van der Waals surface area (Å²) in [5.74, 6) is -1.19. The molecular formula is C15H18N2O5S. The highest BCUT2D eigenvalue weighted by molar-refractivity contribution is 7.89. The van der Waals surface area contributed by atoms with E-state index >= 15 is 0 Å². The van der Waals surface area contributed by atoms with Crippen LogP contribution in [0.5, 0.6) is 0 Å². The molecule has 23 heavy (non-hydrogen) atoms. The Morgan fingerprint density at radius 2 is 1.96 bits per heavy atom. The molecule has 0 aliphatic heterocycles. The summed E-state index contributed by atoms with van der Waals surface area (Å²) in [6, 6.07) is 5.81. The average Bonchev–Trinajstić information content (AvgIpc) is 2.45. The van der Waals surface area contributed by atoms with Crippen molar-refractivity contribution in [3.8, 4) is 0 Å². The first-order valence-electron chi connectivity index (χ1n) is 7.07. The Morgan fingerprint density at radius 3 is 2.57 bits per heavy atom. The minimum atomic E-state index is -3.97. The lowest BCUT2D eigenvalue weighted by Gasteiger charge is -2.16. The van der Waals surface area contributed by atoms with Crippen molar-refractivity contribution in [3.63, 3.8) is 0 Å². The number of carboxylic acid groups (broad SMARTS) is 1. The number of aromatic amines is 1. The number of nitrogens with one attached hydrogen (secondary N) is 2. The zero-order valence-electron chi connectivity index (χ0n) is 12.7. The number of aliphatic carboxylic acids is 1. The van der Waals surface area contributed by atoms with Gasteiger partial charge >= 0.3 is 5.97 Å². The monoisotopic (exact) mass is 338 g/mol. The van der Waals surface area contributed by atoms with Crippen molar-refractivity contribution in [1.82, 2.24) is 9.71 Å². The van der Waals surface area contributed by atoms with E-state index in [4.69, 9.17) is 5.11 Å². The third kappa shape index (κ3) is 4.17. The van der Waals surface area contributed by atoms with Gasteiger partial charge in [-0.1, -0.05) is 13.8 Å². The number of carbonyl (C=O) groups is 1. The van der Waals surface area contributed by atoms with Gasteiger partial charge in [0, 0.05) is 11.6 Å². The number of hydrogen-bond donors (Lipinski definition) is 3. The smallest absolute Gasteiger partial charge is 0.321 e. The van der Waals surface area contributed by atoms with Crippen LogP contribution in [0.15, 0.2) is 40.0 Å². The predicted molar refractivity (Wildman–Crippen MR) is 85.8 cm³/mol. The Balaban J connectivity index is 2.36. The van der Waals surface area contributed by atoms with Gasteiger partial charge in [0.2, 0.25) is 15.6 Å². The van der Waals surface area contributed by atoms with Gasteiger partial charge in [-0.3, -0.25) is 9.59 Å². The number of carboxylic acids is 1. The van der Waals surface area contributed by atoms with Crippen molar-refractivity contribution in [2.45, 2.75) is 31.2 Å². The molecule has 2 rings (SSSR count). The van der Waals surface area contributed by atoms with Crippen LogP contribution in [-0.2, 0) is 14.8 Å². The molecule has 1 aromatic heterocycles. The number of sulfonamides is 1. The number of rotatable bonds is 6. The summed E-state index contributed by atoms with van der Waals surface area (Å²) in [7, 11) is -3.97. The van der Waals surface area contributed by atoms with Crippen molar-refractivity contribution < 1.29 is 18.3 Å². The van der Waals surface area contributed by atoms with Gasteiger partial charge in [0.05, 0.1) is 4.90 Å². The van der Waals surface area contributed by atoms with Crippen molar-refractivity contribution in [2.75, 3.05) is 0 Å². The van der Waals surface area contributed by atoms with Crippen LogP contribution in [0.25, 0.3) is 10.9 Å². The van der Waals surface area contributed by atoms with Crippen LogP contribution in [-0.4, -0.2) is 30.5 Å². The number of benzene rings is 1. The van der Waals surface area contributed by atoms with Crippen molar-refractivity contribution in [2.24, 2.45) is 5.92 Å². The molecule has 7 nitrogen and oxygen atoms in total. The molecule has 2 aromatic rings. The van der Waals surface area contributed by atoms with E-state index in [0.717, 1.165) is 0 Å². The van der Waals surface area contributed by atoms with Gasteiger partial charge in [0.25, 0.3) is 0 Å². The molecule has 0 spiro atoms. The van der Waals surface area contributed by atoms with Gasteiger partial charge in [0.15, 0.2) is 0 Å². The second kappa shape index (κ2) is 6.51. The number of H-pyrrole nitrogens is 1. The van der Waals surface area contributed by atoms with Gasteiger partial charge in [-0.25, -0.2) is 8.42 Å². The van der Waals surface area contributed by atoms with E-state index in [2.05, 4.69) is 9.71 Å². The van der Waals surface area contributed by atoms with Crippen LogP contribution in [0.3, 0.4) is 0 Å². The highest BCUT2D eigenvalue weighted by Crippen LogP contribution is 2.17. The Labute approximate surface area is 133 Å². The van der Waals surface area contributed by atoms with Gasteiger partial charge in [-0.15, -0.1) is 0 Å². The maximum absolute atomic E-state index is 12.4. The van der Waals surface area contributed by atoms with Gasteiger partial charge in [0.1, 0.15) is 6.04 Å². The standard InChI is InChI=1S/C15H18N2O5S/c1-9(2)7-13(15(19)20)17-23(21,22)11-4-5-12-10(8-11)3-6-14(18)16-12/h3-6,8-9,13,17H,7H2,1-2H3,(H,16,18)(H,19,20). The summed E-state index contributed by atoms with van der Waals surface area (Å²) in [6.07, 6.45) is 0.190. The lowest BCUT2D eigenvalue weighted by atomic mass is 10.1. The van der Waals surface area contributed by atoms with E-state index < -0.39 is 22.0 Å². The van der Waals surface area contributed by atoms with Gasteiger partial charge in [-0.05, 0) is 42.0 Å². The molecule has 0 aliphatic rings. The summed E-state index contributed by atoms with van der Waals surface area (Å²) >= 11 is 0. The van der Waals surface area contributed by atoms with Crippen molar-refractivity contribution in [3.05, 3.63) is 40.7 Å². The van der Waals surface area contributed by atoms with Crippen LogP contribution >= 0.6 is 0 Å². The normalized spacial score (nSPS) is 13.3. The first kappa shape index (κ1) is 17.2. The molecular weight excluding hydrogens is 320 g/mol. The van der Waals surface area contributed by atoms with Crippen molar-refractivity contribution >= 4 is 26.9 Å². The van der Waals surface area contributed by atoms with Crippen LogP contribution in [0.1, 0.15) is 20.3 Å². The molecule has 8 heteroatoms. The van der Waals surface area contributed by atoms with Crippen LogP contribution in [0, 0.1) is 5.92 Å². The maximum Gasteiger partial charge on any atom is 0.321 e. The minimum absolute atomic E-state index is 0.0282. The first-order valence-corrected chi connectivity index (χ1v) is 8.55. The second-order valence-corrected chi connectivity index (χ2v) is 7.43. The fourth-order valence-corrected chi connectivity index (χ4v) is 3.46. The quantitative estimate of drug-likeness (QED) is 0.734. The molecule has 1 heterocycles. The van der Waals surface area contributed by atoms with Crippen LogP contribution in [0.2, 0.25) is 0 Å². The van der Waals surface area contributed by atoms with Crippen LogP contribution in [0.4, 0.5) is 0 Å². The lowest BCUT2D eigenvalue weighted by Crippen LogP contribution is -2.41. The molecule has 3 N–H and O–H groups in total. The molecule has 0 aliphatic carbocycles. The third-order valence-electron chi connectivity index (χ3n) is 3.31. The molecule has 1 atom stereocenters. The molecule has 1 aromatic carbocycles. The average molecular weight is 338 g/mol. The summed E-state index contributed by atoms with van der Waals surface area (Å²) in [4.78, 5) is 25.0. The molecule has 0 bridgehead atoms. The maximum atomic E-state index is 12.4. The van der Waals surface area contributed by atoms with E-state index in [1.54, 1.807) is 0 Å². The molecule has 0 fully saturated rings. The topological polar surface area (TPSA) is 116 Å². The Morgan fingerprint density at radius 1 is 1.26 bits per heavy atom. The number of hydrogen-bond acceptors (Lipinski definition) is 4. The summed E-state index contributed by atoms with van der Waals surface area (Å²) in [5, 5.41) is 9.71. The second-order valence-electron chi connectivity index (χ2n) is 5.71. The van der Waals surface area contributed by atoms with E-state index in [9.17, 15) is 18.0 Å². The SMILES string of the molecule is CC(C)CC(NS(=O)(=O)c1ccc2[nH]c(=O)ccc2c1)C(=O)O. The zero-order chi connectivity index (χ0) is 17.2. The largest absolute Gasteiger partial charge is 0.480 e. The summed E-state index contributed by atoms with van der Waals surface area (Å²) in [6.45, 7) is 3.63. The van der Waals surface area contributed by atoms with Gasteiger partial charge < -0.3 is 10.1 Å². The zero-order valence-corrected chi connectivity index (χ0v) is 13.6. The molecule has 0 radical (unpaired) electrons. The highest BCUT2D eigenvalue weighted by Gasteiger charge is 2.26. The Bertz CT molecular complexity index is 886. The summed E-state index contributed by atoms with van der Waals surface area (Å²) in [5.41, 5.74) is 0.225. The Hall–Kier alpha value is -2.19. The Kier molecular flexibility index (Phi) is 4.86. The van der Waals surface area contributed by atoms with E-state index in [0.29, 0.717) is 10.9 Å². The van der Waals surface area contributed by atoms with Gasteiger partial charge in [-0.2, -0.15) is 4.72 Å². The number of pyridine rings is 1. The van der Waals surface area contributed by atoms with E-state index in [1.807, 2.05) is 13.8 Å². The first-order chi connectivity index (χ1) is 10.7. The van der Waals surface area contributed by atoms with Crippen molar-refractivity contribution in [1.29, 1.82) is 0 Å². The van der Waals surface area contributed by atoms with E-state index in [-0.39, 0.29) is 22.8 Å². The lowest BCUT2D eigenvalue weighted by molar-refractivity contribution is -0.139. The molecule has 124 valence electrons. The minimum Gasteiger partial charge on any atom is -0.480 e. The van der Waals surface area contributed by atoms with E-state index in [1.165, 1.54) is 30.3 Å².